The highest BCUT2D eigenvalue weighted by Crippen LogP contribution is 2.23. The number of hydrogen-bond acceptors (Lipinski definition) is 4. The van der Waals surface area contributed by atoms with Crippen molar-refractivity contribution in [3.8, 4) is 5.75 Å². The standard InChI is InChI=1S/C16H17F3N2O3/c1-10-14(11(2)24-20-10)9-21(3)15(22)8-12-4-6-13(7-5-12)23-16(17,18)19/h4-7H,8-9H2,1-3H3. The summed E-state index contributed by atoms with van der Waals surface area (Å²) in [6, 6.07) is 5.24. The highest BCUT2D eigenvalue weighted by molar-refractivity contribution is 5.78. The Balaban J connectivity index is 1.96. The average molecular weight is 342 g/mol. The summed E-state index contributed by atoms with van der Waals surface area (Å²) in [5.74, 6) is 0.170. The number of rotatable bonds is 5. The molecule has 0 atom stereocenters. The number of aromatic nitrogens is 1. The van der Waals surface area contributed by atoms with Crippen molar-refractivity contribution in [3.05, 3.63) is 46.8 Å². The van der Waals surface area contributed by atoms with E-state index in [-0.39, 0.29) is 18.1 Å². The molecule has 0 aliphatic rings. The van der Waals surface area contributed by atoms with E-state index in [0.717, 1.165) is 11.3 Å². The van der Waals surface area contributed by atoms with Crippen LogP contribution in [0.2, 0.25) is 0 Å². The third-order valence-corrected chi connectivity index (χ3v) is 3.51. The number of benzene rings is 1. The lowest BCUT2D eigenvalue weighted by Crippen LogP contribution is -2.28. The van der Waals surface area contributed by atoms with Gasteiger partial charge in [-0.1, -0.05) is 17.3 Å². The van der Waals surface area contributed by atoms with Gasteiger partial charge < -0.3 is 14.2 Å². The van der Waals surface area contributed by atoms with Gasteiger partial charge in [0.15, 0.2) is 0 Å². The van der Waals surface area contributed by atoms with Crippen molar-refractivity contribution in [2.24, 2.45) is 0 Å². The molecule has 1 heterocycles. The Labute approximate surface area is 137 Å². The maximum atomic E-state index is 12.2. The highest BCUT2D eigenvalue weighted by Gasteiger charge is 2.31. The fourth-order valence-corrected chi connectivity index (χ4v) is 2.17. The van der Waals surface area contributed by atoms with Gasteiger partial charge in [0.1, 0.15) is 11.5 Å². The van der Waals surface area contributed by atoms with Crippen molar-refractivity contribution < 1.29 is 27.2 Å². The number of halogens is 3. The molecule has 24 heavy (non-hydrogen) atoms. The monoisotopic (exact) mass is 342 g/mol. The van der Waals surface area contributed by atoms with Crippen molar-refractivity contribution >= 4 is 5.91 Å². The lowest BCUT2D eigenvalue weighted by atomic mass is 10.1. The molecule has 0 fully saturated rings. The first-order chi connectivity index (χ1) is 11.2. The SMILES string of the molecule is Cc1noc(C)c1CN(C)C(=O)Cc1ccc(OC(F)(F)F)cc1. The number of carbonyl (C=O) groups is 1. The molecule has 0 N–H and O–H groups in total. The quantitative estimate of drug-likeness (QED) is 0.836. The number of nitrogens with zero attached hydrogens (tertiary/aromatic N) is 2. The van der Waals surface area contributed by atoms with Crippen LogP contribution in [0.15, 0.2) is 28.8 Å². The molecule has 130 valence electrons. The van der Waals surface area contributed by atoms with Gasteiger partial charge in [0.05, 0.1) is 18.7 Å². The molecule has 2 rings (SSSR count). The van der Waals surface area contributed by atoms with Crippen molar-refractivity contribution in [1.82, 2.24) is 10.1 Å². The van der Waals surface area contributed by atoms with Crippen LogP contribution in [0.3, 0.4) is 0 Å². The predicted octanol–water partition coefficient (Wildman–Crippen LogP) is 3.39. The zero-order valence-electron chi connectivity index (χ0n) is 13.5. The average Bonchev–Trinajstić information content (AvgIpc) is 2.79. The molecular weight excluding hydrogens is 325 g/mol. The van der Waals surface area contributed by atoms with Crippen LogP contribution in [0.1, 0.15) is 22.6 Å². The molecule has 1 aromatic heterocycles. The summed E-state index contributed by atoms with van der Waals surface area (Å²) in [4.78, 5) is 13.8. The smallest absolute Gasteiger partial charge is 0.406 e. The summed E-state index contributed by atoms with van der Waals surface area (Å²) in [6.07, 6.45) is -4.65. The van der Waals surface area contributed by atoms with Gasteiger partial charge >= 0.3 is 6.36 Å². The Morgan fingerprint density at radius 3 is 2.38 bits per heavy atom. The number of carbonyl (C=O) groups excluding carboxylic acids is 1. The minimum atomic E-state index is -4.73. The van der Waals surface area contributed by atoms with Gasteiger partial charge in [0.2, 0.25) is 5.91 Å². The minimum absolute atomic E-state index is 0.0756. The second-order valence-corrected chi connectivity index (χ2v) is 5.42. The van der Waals surface area contributed by atoms with Crippen LogP contribution in [-0.4, -0.2) is 29.4 Å². The van der Waals surface area contributed by atoms with E-state index in [0.29, 0.717) is 17.9 Å². The van der Waals surface area contributed by atoms with Crippen LogP contribution >= 0.6 is 0 Å². The van der Waals surface area contributed by atoms with E-state index < -0.39 is 6.36 Å². The van der Waals surface area contributed by atoms with Crippen molar-refractivity contribution in [1.29, 1.82) is 0 Å². The van der Waals surface area contributed by atoms with Crippen LogP contribution in [0.25, 0.3) is 0 Å². The first kappa shape index (κ1) is 17.8. The topological polar surface area (TPSA) is 55.6 Å². The van der Waals surface area contributed by atoms with E-state index in [1.807, 2.05) is 0 Å². The lowest BCUT2D eigenvalue weighted by molar-refractivity contribution is -0.274. The molecule has 0 aliphatic carbocycles. The summed E-state index contributed by atoms with van der Waals surface area (Å²) in [7, 11) is 1.65. The predicted molar refractivity (Wildman–Crippen MR) is 79.3 cm³/mol. The van der Waals surface area contributed by atoms with Crippen LogP contribution in [-0.2, 0) is 17.8 Å². The van der Waals surface area contributed by atoms with Crippen molar-refractivity contribution in [2.45, 2.75) is 33.2 Å². The number of amides is 1. The number of hydrogen-bond donors (Lipinski definition) is 0. The van der Waals surface area contributed by atoms with E-state index in [2.05, 4.69) is 9.89 Å². The Bertz CT molecular complexity index is 689. The molecule has 0 saturated heterocycles. The number of ether oxygens (including phenoxy) is 1. The third kappa shape index (κ3) is 4.74. The number of aryl methyl sites for hydroxylation is 2. The fraction of sp³-hybridized carbons (Fsp3) is 0.375. The molecule has 8 heteroatoms. The number of likely N-dealkylation sites (N-methyl/N-ethyl adjacent to an activating group) is 1. The molecule has 0 unspecified atom stereocenters. The van der Waals surface area contributed by atoms with E-state index >= 15 is 0 Å². The fourth-order valence-electron chi connectivity index (χ4n) is 2.17. The molecule has 1 aromatic carbocycles. The summed E-state index contributed by atoms with van der Waals surface area (Å²) in [5, 5.41) is 3.83. The van der Waals surface area contributed by atoms with Gasteiger partial charge in [-0.25, -0.2) is 0 Å². The highest BCUT2D eigenvalue weighted by atomic mass is 19.4. The van der Waals surface area contributed by atoms with Crippen molar-refractivity contribution in [2.75, 3.05) is 7.05 Å². The molecule has 2 aromatic rings. The van der Waals surface area contributed by atoms with Crippen LogP contribution < -0.4 is 4.74 Å². The second kappa shape index (κ2) is 6.94. The van der Waals surface area contributed by atoms with Crippen molar-refractivity contribution in [3.63, 3.8) is 0 Å². The molecule has 0 saturated carbocycles. The molecule has 0 spiro atoms. The minimum Gasteiger partial charge on any atom is -0.406 e. The van der Waals surface area contributed by atoms with E-state index in [1.165, 1.54) is 29.2 Å². The normalized spacial score (nSPS) is 11.4. The maximum Gasteiger partial charge on any atom is 0.573 e. The maximum absolute atomic E-state index is 12.2. The Kier molecular flexibility index (Phi) is 5.16. The molecule has 5 nitrogen and oxygen atoms in total. The van der Waals surface area contributed by atoms with E-state index in [1.54, 1.807) is 20.9 Å². The van der Waals surface area contributed by atoms with Crippen LogP contribution in [0.4, 0.5) is 13.2 Å². The van der Waals surface area contributed by atoms with Gasteiger partial charge in [-0.3, -0.25) is 4.79 Å². The van der Waals surface area contributed by atoms with Gasteiger partial charge in [0, 0.05) is 12.6 Å². The third-order valence-electron chi connectivity index (χ3n) is 3.51. The molecular formula is C16H17F3N2O3. The second-order valence-electron chi connectivity index (χ2n) is 5.42. The summed E-state index contributed by atoms with van der Waals surface area (Å²) in [6.45, 7) is 3.92. The Morgan fingerprint density at radius 1 is 1.25 bits per heavy atom. The van der Waals surface area contributed by atoms with Gasteiger partial charge in [-0.15, -0.1) is 13.2 Å². The first-order valence-electron chi connectivity index (χ1n) is 7.16. The molecule has 1 amide bonds. The van der Waals surface area contributed by atoms with Gasteiger partial charge in [0.25, 0.3) is 0 Å². The van der Waals surface area contributed by atoms with E-state index in [4.69, 9.17) is 4.52 Å². The lowest BCUT2D eigenvalue weighted by Gasteiger charge is -2.17. The molecule has 0 bridgehead atoms. The van der Waals surface area contributed by atoms with Crippen LogP contribution in [0.5, 0.6) is 5.75 Å². The largest absolute Gasteiger partial charge is 0.573 e. The summed E-state index contributed by atoms with van der Waals surface area (Å²) in [5.41, 5.74) is 2.17. The summed E-state index contributed by atoms with van der Waals surface area (Å²) >= 11 is 0. The number of alkyl halides is 3. The van der Waals surface area contributed by atoms with Gasteiger partial charge in [-0.2, -0.15) is 0 Å². The van der Waals surface area contributed by atoms with E-state index in [9.17, 15) is 18.0 Å². The Morgan fingerprint density at radius 2 is 1.88 bits per heavy atom. The van der Waals surface area contributed by atoms with Crippen LogP contribution in [0, 0.1) is 13.8 Å². The molecule has 0 aliphatic heterocycles. The zero-order chi connectivity index (χ0) is 17.9. The van der Waals surface area contributed by atoms with Gasteiger partial charge in [-0.05, 0) is 31.5 Å². The zero-order valence-corrected chi connectivity index (χ0v) is 13.5. The molecule has 0 radical (unpaired) electrons. The summed E-state index contributed by atoms with van der Waals surface area (Å²) < 4.78 is 45.2. The Hall–Kier alpha value is -2.51. The first-order valence-corrected chi connectivity index (χ1v) is 7.16.